The molecule has 1 N–H and O–H groups in total. The highest BCUT2D eigenvalue weighted by Crippen LogP contribution is 2.25. The van der Waals surface area contributed by atoms with E-state index < -0.39 is 39.9 Å². The van der Waals surface area contributed by atoms with Crippen LogP contribution in [0, 0.1) is 15.9 Å². The number of likely N-dealkylation sites (tertiary alicyclic amines) is 1. The van der Waals surface area contributed by atoms with Gasteiger partial charge in [-0.2, -0.15) is 0 Å². The van der Waals surface area contributed by atoms with Crippen LogP contribution in [0.5, 0.6) is 0 Å². The Morgan fingerprint density at radius 1 is 1.38 bits per heavy atom. The highest BCUT2D eigenvalue weighted by molar-refractivity contribution is 6.00. The Labute approximate surface area is 119 Å². The van der Waals surface area contributed by atoms with Crippen molar-refractivity contribution in [2.24, 2.45) is 0 Å². The van der Waals surface area contributed by atoms with E-state index in [2.05, 4.69) is 0 Å². The molecule has 0 radical (unpaired) electrons. The first-order valence-electron chi connectivity index (χ1n) is 6.39. The van der Waals surface area contributed by atoms with Gasteiger partial charge < -0.3 is 10.0 Å². The first-order valence-corrected chi connectivity index (χ1v) is 6.39. The Balaban J connectivity index is 2.40. The van der Waals surface area contributed by atoms with Crippen LogP contribution in [-0.2, 0) is 4.79 Å². The zero-order valence-electron chi connectivity index (χ0n) is 11.0. The standard InChI is InChI=1S/C13H13FN2O5/c14-8-4-5-10(16(20)21)9(7-8)12(17)15-6-2-1-3-11(15)13(18)19/h4-5,7,11H,1-3,6H2,(H,18,19). The maximum Gasteiger partial charge on any atom is 0.326 e. The average Bonchev–Trinajstić information content (AvgIpc) is 2.46. The summed E-state index contributed by atoms with van der Waals surface area (Å²) in [5, 5.41) is 20.1. The van der Waals surface area contributed by atoms with E-state index in [1.54, 1.807) is 0 Å². The minimum atomic E-state index is -1.16. The highest BCUT2D eigenvalue weighted by Gasteiger charge is 2.35. The first kappa shape index (κ1) is 14.9. The van der Waals surface area contributed by atoms with Crippen LogP contribution in [0.25, 0.3) is 0 Å². The molecule has 21 heavy (non-hydrogen) atoms. The van der Waals surface area contributed by atoms with Crippen molar-refractivity contribution in [1.82, 2.24) is 4.90 Å². The number of benzene rings is 1. The van der Waals surface area contributed by atoms with Crippen molar-refractivity contribution in [3.63, 3.8) is 0 Å². The van der Waals surface area contributed by atoms with Crippen LogP contribution in [0.4, 0.5) is 10.1 Å². The number of carbonyl (C=O) groups is 2. The number of piperidine rings is 1. The minimum absolute atomic E-state index is 0.184. The summed E-state index contributed by atoms with van der Waals surface area (Å²) in [6, 6.07) is 1.53. The maximum atomic E-state index is 13.3. The van der Waals surface area contributed by atoms with Gasteiger partial charge in [0.05, 0.1) is 4.92 Å². The lowest BCUT2D eigenvalue weighted by molar-refractivity contribution is -0.385. The summed E-state index contributed by atoms with van der Waals surface area (Å²) in [5.74, 6) is -2.77. The first-order chi connectivity index (χ1) is 9.91. The normalized spacial score (nSPS) is 18.3. The lowest BCUT2D eigenvalue weighted by atomic mass is 10.0. The third kappa shape index (κ3) is 2.99. The van der Waals surface area contributed by atoms with Gasteiger partial charge in [-0.3, -0.25) is 14.9 Å². The molecule has 0 aromatic heterocycles. The van der Waals surface area contributed by atoms with E-state index in [1.807, 2.05) is 0 Å². The lowest BCUT2D eigenvalue weighted by Gasteiger charge is -2.32. The number of aliphatic carboxylic acids is 1. The molecule has 0 bridgehead atoms. The number of amides is 1. The van der Waals surface area contributed by atoms with Gasteiger partial charge in [-0.15, -0.1) is 0 Å². The van der Waals surface area contributed by atoms with Crippen molar-refractivity contribution in [2.75, 3.05) is 6.54 Å². The van der Waals surface area contributed by atoms with E-state index in [1.165, 1.54) is 0 Å². The molecule has 1 amide bonds. The molecule has 7 nitrogen and oxygen atoms in total. The zero-order chi connectivity index (χ0) is 15.6. The number of nitrogens with zero attached hydrogens (tertiary/aromatic N) is 2. The van der Waals surface area contributed by atoms with Crippen molar-refractivity contribution < 1.29 is 24.0 Å². The zero-order valence-corrected chi connectivity index (χ0v) is 11.0. The smallest absolute Gasteiger partial charge is 0.326 e. The van der Waals surface area contributed by atoms with E-state index >= 15 is 0 Å². The molecule has 1 aromatic rings. The van der Waals surface area contributed by atoms with Crippen LogP contribution in [-0.4, -0.2) is 39.4 Å². The quantitative estimate of drug-likeness (QED) is 0.677. The average molecular weight is 296 g/mol. The second-order valence-electron chi connectivity index (χ2n) is 4.77. The number of carboxylic acid groups (broad SMARTS) is 1. The summed E-state index contributed by atoms with van der Waals surface area (Å²) in [6.45, 7) is 0.184. The molecular formula is C13H13FN2O5. The molecule has 1 unspecified atom stereocenters. The molecule has 0 spiro atoms. The number of hydrogen-bond acceptors (Lipinski definition) is 4. The van der Waals surface area contributed by atoms with Crippen LogP contribution in [0.15, 0.2) is 18.2 Å². The van der Waals surface area contributed by atoms with Crippen molar-refractivity contribution in [3.8, 4) is 0 Å². The van der Waals surface area contributed by atoms with E-state index in [0.717, 1.165) is 23.1 Å². The Morgan fingerprint density at radius 2 is 2.10 bits per heavy atom. The van der Waals surface area contributed by atoms with E-state index in [-0.39, 0.29) is 13.0 Å². The number of carbonyl (C=O) groups excluding carboxylic acids is 1. The summed E-state index contributed by atoms with van der Waals surface area (Å²) in [7, 11) is 0. The Hall–Kier alpha value is -2.51. The van der Waals surface area contributed by atoms with E-state index in [4.69, 9.17) is 5.11 Å². The predicted octanol–water partition coefficient (Wildman–Crippen LogP) is 1.81. The van der Waals surface area contributed by atoms with E-state index in [0.29, 0.717) is 12.8 Å². The molecule has 2 rings (SSSR count). The van der Waals surface area contributed by atoms with Gasteiger partial charge in [0.2, 0.25) is 0 Å². The molecule has 1 fully saturated rings. The number of halogens is 1. The Morgan fingerprint density at radius 3 is 2.71 bits per heavy atom. The van der Waals surface area contributed by atoms with Gasteiger partial charge in [0.25, 0.3) is 11.6 Å². The fourth-order valence-electron chi connectivity index (χ4n) is 2.42. The largest absolute Gasteiger partial charge is 0.480 e. The summed E-state index contributed by atoms with van der Waals surface area (Å²) in [4.78, 5) is 34.8. The number of carboxylic acids is 1. The second-order valence-corrected chi connectivity index (χ2v) is 4.77. The topological polar surface area (TPSA) is 101 Å². The molecule has 1 aromatic carbocycles. The monoisotopic (exact) mass is 296 g/mol. The molecule has 1 atom stereocenters. The number of hydrogen-bond donors (Lipinski definition) is 1. The van der Waals surface area contributed by atoms with Gasteiger partial charge >= 0.3 is 5.97 Å². The molecule has 112 valence electrons. The molecule has 1 aliphatic heterocycles. The van der Waals surface area contributed by atoms with Gasteiger partial charge in [0, 0.05) is 12.6 Å². The van der Waals surface area contributed by atoms with Gasteiger partial charge in [0.1, 0.15) is 17.4 Å². The van der Waals surface area contributed by atoms with Crippen molar-refractivity contribution in [2.45, 2.75) is 25.3 Å². The maximum absolute atomic E-state index is 13.3. The van der Waals surface area contributed by atoms with Crippen molar-refractivity contribution in [3.05, 3.63) is 39.7 Å². The van der Waals surface area contributed by atoms with Gasteiger partial charge in [-0.1, -0.05) is 0 Å². The molecule has 0 saturated carbocycles. The predicted molar refractivity (Wildman–Crippen MR) is 69.4 cm³/mol. The van der Waals surface area contributed by atoms with Crippen LogP contribution in [0.3, 0.4) is 0 Å². The molecule has 1 heterocycles. The van der Waals surface area contributed by atoms with Gasteiger partial charge in [-0.25, -0.2) is 9.18 Å². The minimum Gasteiger partial charge on any atom is -0.480 e. The number of nitro benzene ring substituents is 1. The fraction of sp³-hybridized carbons (Fsp3) is 0.385. The molecule has 0 aliphatic carbocycles. The third-order valence-corrected chi connectivity index (χ3v) is 3.43. The van der Waals surface area contributed by atoms with Gasteiger partial charge in [0.15, 0.2) is 0 Å². The van der Waals surface area contributed by atoms with Crippen LogP contribution in [0.1, 0.15) is 29.6 Å². The Kier molecular flexibility index (Phi) is 4.15. The molecule has 8 heteroatoms. The SMILES string of the molecule is O=C(O)C1CCCCN1C(=O)c1cc(F)ccc1[N+](=O)[O-]. The molecular weight excluding hydrogens is 283 g/mol. The number of nitro groups is 1. The van der Waals surface area contributed by atoms with Crippen molar-refractivity contribution >= 4 is 17.6 Å². The van der Waals surface area contributed by atoms with E-state index in [9.17, 15) is 24.1 Å². The molecule has 1 aliphatic rings. The fourth-order valence-corrected chi connectivity index (χ4v) is 2.42. The summed E-state index contributed by atoms with van der Waals surface area (Å²) >= 11 is 0. The van der Waals surface area contributed by atoms with Crippen LogP contribution < -0.4 is 0 Å². The van der Waals surface area contributed by atoms with Crippen LogP contribution >= 0.6 is 0 Å². The molecule has 1 saturated heterocycles. The third-order valence-electron chi connectivity index (χ3n) is 3.43. The second kappa shape index (κ2) is 5.86. The summed E-state index contributed by atoms with van der Waals surface area (Å²) in [5.41, 5.74) is -0.954. The lowest BCUT2D eigenvalue weighted by Crippen LogP contribution is -2.48. The van der Waals surface area contributed by atoms with Gasteiger partial charge in [-0.05, 0) is 31.4 Å². The van der Waals surface area contributed by atoms with Crippen LogP contribution in [0.2, 0.25) is 0 Å². The summed E-state index contributed by atoms with van der Waals surface area (Å²) < 4.78 is 13.3. The Bertz CT molecular complexity index is 604. The van der Waals surface area contributed by atoms with Crippen molar-refractivity contribution in [1.29, 1.82) is 0 Å². The number of rotatable bonds is 3. The highest BCUT2D eigenvalue weighted by atomic mass is 19.1. The summed E-state index contributed by atoms with van der Waals surface area (Å²) in [6.07, 6.45) is 1.55.